The van der Waals surface area contributed by atoms with E-state index in [1.165, 1.54) is 14.2 Å². The monoisotopic (exact) mass is 315 g/mol. The Morgan fingerprint density at radius 2 is 2.10 bits per heavy atom. The van der Waals surface area contributed by atoms with Crippen LogP contribution in [0.4, 0.5) is 0 Å². The number of unbranched alkanes of at least 4 members (excludes halogenated alkanes) is 1. The van der Waals surface area contributed by atoms with Crippen molar-refractivity contribution in [3.8, 4) is 11.5 Å². The highest BCUT2D eigenvalue weighted by molar-refractivity contribution is 6.33. The van der Waals surface area contributed by atoms with Crippen LogP contribution >= 0.6 is 11.6 Å². The third-order valence-electron chi connectivity index (χ3n) is 3.25. The Labute approximate surface area is 130 Å². The Kier molecular flexibility index (Phi) is 7.32. The predicted molar refractivity (Wildman–Crippen MR) is 82.3 cm³/mol. The summed E-state index contributed by atoms with van der Waals surface area (Å²) < 4.78 is 10.4. The van der Waals surface area contributed by atoms with E-state index in [1.54, 1.807) is 12.1 Å². The van der Waals surface area contributed by atoms with Gasteiger partial charge in [0.2, 0.25) is 0 Å². The second-order valence-corrected chi connectivity index (χ2v) is 5.07. The second-order valence-electron chi connectivity index (χ2n) is 4.69. The molecule has 0 aliphatic rings. The van der Waals surface area contributed by atoms with E-state index in [0.29, 0.717) is 29.5 Å². The minimum absolute atomic E-state index is 0.361. The fourth-order valence-corrected chi connectivity index (χ4v) is 2.32. The van der Waals surface area contributed by atoms with Crippen molar-refractivity contribution in [1.82, 2.24) is 5.32 Å². The van der Waals surface area contributed by atoms with Crippen LogP contribution in [0.2, 0.25) is 5.02 Å². The Hall–Kier alpha value is -1.46. The standard InChI is InChI=1S/C15H22ClNO4/c1-4-5-6-11(15(18)19)17-9-10-7-8-12(20-2)14(21-3)13(10)16/h7-8,11,17H,4-6,9H2,1-3H3,(H,18,19)/t11-/m0/s1. The van der Waals surface area contributed by atoms with Crippen molar-refractivity contribution in [2.75, 3.05) is 14.2 Å². The lowest BCUT2D eigenvalue weighted by Crippen LogP contribution is -2.36. The van der Waals surface area contributed by atoms with Crippen LogP contribution in [0.15, 0.2) is 12.1 Å². The Bertz CT molecular complexity index is 479. The smallest absolute Gasteiger partial charge is 0.320 e. The predicted octanol–water partition coefficient (Wildman–Crippen LogP) is 3.09. The summed E-state index contributed by atoms with van der Waals surface area (Å²) in [5.41, 5.74) is 0.775. The van der Waals surface area contributed by atoms with E-state index >= 15 is 0 Å². The summed E-state index contributed by atoms with van der Waals surface area (Å²) in [6.07, 6.45) is 2.42. The van der Waals surface area contributed by atoms with Crippen LogP contribution in [-0.2, 0) is 11.3 Å². The van der Waals surface area contributed by atoms with E-state index in [-0.39, 0.29) is 0 Å². The molecule has 1 atom stereocenters. The van der Waals surface area contributed by atoms with Gasteiger partial charge in [0.1, 0.15) is 6.04 Å². The third kappa shape index (κ3) is 4.79. The molecule has 0 amide bonds. The summed E-state index contributed by atoms with van der Waals surface area (Å²) in [5.74, 6) is 0.158. The molecular weight excluding hydrogens is 294 g/mol. The van der Waals surface area contributed by atoms with Gasteiger partial charge in [0, 0.05) is 6.54 Å². The van der Waals surface area contributed by atoms with Gasteiger partial charge in [-0.2, -0.15) is 0 Å². The summed E-state index contributed by atoms with van der Waals surface area (Å²) >= 11 is 6.27. The number of carboxylic acid groups (broad SMARTS) is 1. The van der Waals surface area contributed by atoms with Gasteiger partial charge in [0.05, 0.1) is 19.2 Å². The van der Waals surface area contributed by atoms with Crippen LogP contribution in [-0.4, -0.2) is 31.3 Å². The largest absolute Gasteiger partial charge is 0.493 e. The first-order valence-corrected chi connectivity index (χ1v) is 7.28. The van der Waals surface area contributed by atoms with Crippen molar-refractivity contribution in [2.24, 2.45) is 0 Å². The lowest BCUT2D eigenvalue weighted by atomic mass is 10.1. The highest BCUT2D eigenvalue weighted by atomic mass is 35.5. The molecule has 1 rings (SSSR count). The van der Waals surface area contributed by atoms with Gasteiger partial charge in [-0.15, -0.1) is 0 Å². The molecule has 2 N–H and O–H groups in total. The van der Waals surface area contributed by atoms with Crippen LogP contribution in [0.5, 0.6) is 11.5 Å². The average molecular weight is 316 g/mol. The van der Waals surface area contributed by atoms with E-state index in [4.69, 9.17) is 21.1 Å². The first-order chi connectivity index (χ1) is 10.0. The fraction of sp³-hybridized carbons (Fsp3) is 0.533. The molecule has 0 aliphatic carbocycles. The molecule has 0 radical (unpaired) electrons. The highest BCUT2D eigenvalue weighted by Crippen LogP contribution is 2.37. The van der Waals surface area contributed by atoms with E-state index in [9.17, 15) is 9.90 Å². The normalized spacial score (nSPS) is 12.0. The summed E-state index contributed by atoms with van der Waals surface area (Å²) in [6.45, 7) is 2.39. The molecule has 5 nitrogen and oxygen atoms in total. The molecule has 0 unspecified atom stereocenters. The van der Waals surface area contributed by atoms with Crippen LogP contribution in [0.3, 0.4) is 0 Å². The van der Waals surface area contributed by atoms with Crippen molar-refractivity contribution in [2.45, 2.75) is 38.8 Å². The van der Waals surface area contributed by atoms with Gasteiger partial charge in [-0.05, 0) is 18.1 Å². The van der Waals surface area contributed by atoms with Crippen LogP contribution in [0.1, 0.15) is 31.7 Å². The first-order valence-electron chi connectivity index (χ1n) is 6.90. The molecule has 1 aromatic carbocycles. The molecule has 0 aliphatic heterocycles. The van der Waals surface area contributed by atoms with Gasteiger partial charge in [-0.25, -0.2) is 0 Å². The van der Waals surface area contributed by atoms with Crippen LogP contribution < -0.4 is 14.8 Å². The zero-order chi connectivity index (χ0) is 15.8. The topological polar surface area (TPSA) is 67.8 Å². The highest BCUT2D eigenvalue weighted by Gasteiger charge is 2.18. The van der Waals surface area contributed by atoms with Crippen LogP contribution in [0, 0.1) is 0 Å². The quantitative estimate of drug-likeness (QED) is 0.733. The number of hydrogen-bond donors (Lipinski definition) is 2. The van der Waals surface area contributed by atoms with E-state index < -0.39 is 12.0 Å². The Morgan fingerprint density at radius 3 is 2.62 bits per heavy atom. The van der Waals surface area contributed by atoms with Crippen molar-refractivity contribution in [3.05, 3.63) is 22.7 Å². The number of rotatable bonds is 9. The van der Waals surface area contributed by atoms with Gasteiger partial charge in [-0.1, -0.05) is 37.4 Å². The van der Waals surface area contributed by atoms with Gasteiger partial charge < -0.3 is 19.9 Å². The molecule has 0 saturated heterocycles. The maximum atomic E-state index is 11.2. The molecular formula is C15H22ClNO4. The summed E-state index contributed by atoms with van der Waals surface area (Å²) in [7, 11) is 3.06. The maximum absolute atomic E-state index is 11.2. The number of carbonyl (C=O) groups is 1. The summed E-state index contributed by atoms with van der Waals surface area (Å²) in [4.78, 5) is 11.2. The average Bonchev–Trinajstić information content (AvgIpc) is 2.47. The van der Waals surface area contributed by atoms with Gasteiger partial charge in [0.25, 0.3) is 0 Å². The molecule has 21 heavy (non-hydrogen) atoms. The van der Waals surface area contributed by atoms with Gasteiger partial charge in [0.15, 0.2) is 11.5 Å². The molecule has 118 valence electrons. The fourth-order valence-electron chi connectivity index (χ4n) is 2.02. The van der Waals surface area contributed by atoms with Crippen molar-refractivity contribution < 1.29 is 19.4 Å². The maximum Gasteiger partial charge on any atom is 0.320 e. The first kappa shape index (κ1) is 17.6. The number of halogens is 1. The van der Waals surface area contributed by atoms with Crippen molar-refractivity contribution in [1.29, 1.82) is 0 Å². The minimum atomic E-state index is -0.847. The van der Waals surface area contributed by atoms with E-state index in [1.807, 2.05) is 6.92 Å². The molecule has 0 bridgehead atoms. The number of ether oxygens (including phenoxy) is 2. The molecule has 1 aromatic rings. The summed E-state index contributed by atoms with van der Waals surface area (Å²) in [6, 6.07) is 2.98. The molecule has 6 heteroatoms. The van der Waals surface area contributed by atoms with Gasteiger partial charge in [-0.3, -0.25) is 4.79 Å². The lowest BCUT2D eigenvalue weighted by Gasteiger charge is -2.16. The SMILES string of the molecule is CCCC[C@H](NCc1ccc(OC)c(OC)c1Cl)C(=O)O. The van der Waals surface area contributed by atoms with E-state index in [2.05, 4.69) is 5.32 Å². The van der Waals surface area contributed by atoms with Crippen molar-refractivity contribution >= 4 is 17.6 Å². The van der Waals surface area contributed by atoms with Crippen LogP contribution in [0.25, 0.3) is 0 Å². The molecule has 0 heterocycles. The summed E-state index contributed by atoms with van der Waals surface area (Å²) in [5, 5.41) is 12.6. The number of carboxylic acids is 1. The number of aliphatic carboxylic acids is 1. The van der Waals surface area contributed by atoms with E-state index in [0.717, 1.165) is 18.4 Å². The zero-order valence-corrected chi connectivity index (χ0v) is 13.4. The number of benzene rings is 1. The molecule has 0 fully saturated rings. The van der Waals surface area contributed by atoms with Crippen molar-refractivity contribution in [3.63, 3.8) is 0 Å². The number of methoxy groups -OCH3 is 2. The second kappa shape index (κ2) is 8.74. The lowest BCUT2D eigenvalue weighted by molar-refractivity contribution is -0.139. The number of nitrogens with one attached hydrogen (secondary N) is 1. The molecule has 0 saturated carbocycles. The molecule has 0 spiro atoms. The Balaban J connectivity index is 2.80. The minimum Gasteiger partial charge on any atom is -0.493 e. The third-order valence-corrected chi connectivity index (χ3v) is 3.66. The van der Waals surface area contributed by atoms with Gasteiger partial charge >= 0.3 is 5.97 Å². The zero-order valence-electron chi connectivity index (χ0n) is 12.6. The number of hydrogen-bond acceptors (Lipinski definition) is 4. The molecule has 0 aromatic heterocycles. The Morgan fingerprint density at radius 1 is 1.38 bits per heavy atom.